The second-order valence-electron chi connectivity index (χ2n) is 5.52. The van der Waals surface area contributed by atoms with Crippen molar-refractivity contribution < 1.29 is 19.4 Å². The fraction of sp³-hybridized carbons (Fsp3) is 0.833. The Hall–Kier alpha value is -1.30. The summed E-state index contributed by atoms with van der Waals surface area (Å²) >= 11 is 0. The van der Waals surface area contributed by atoms with Crippen LogP contribution in [0.2, 0.25) is 0 Å². The van der Waals surface area contributed by atoms with Crippen molar-refractivity contribution >= 4 is 12.0 Å². The lowest BCUT2D eigenvalue weighted by molar-refractivity contribution is -0.144. The van der Waals surface area contributed by atoms with E-state index in [1.165, 1.54) is 0 Å². The molecule has 0 spiro atoms. The number of carboxylic acids is 1. The molecule has 0 saturated carbocycles. The molecule has 1 aliphatic heterocycles. The average Bonchev–Trinajstić information content (AvgIpc) is 2.76. The Labute approximate surface area is 107 Å². The molecule has 1 unspecified atom stereocenters. The number of rotatable bonds is 5. The van der Waals surface area contributed by atoms with E-state index in [0.717, 1.165) is 6.42 Å². The largest absolute Gasteiger partial charge is 0.479 e. The number of ether oxygens (including phenoxy) is 1. The van der Waals surface area contributed by atoms with Gasteiger partial charge in [-0.05, 0) is 11.8 Å². The summed E-state index contributed by atoms with van der Waals surface area (Å²) < 4.78 is 5.07. The van der Waals surface area contributed by atoms with Gasteiger partial charge in [0.15, 0.2) is 5.54 Å². The van der Waals surface area contributed by atoms with Crippen LogP contribution in [0.15, 0.2) is 0 Å². The lowest BCUT2D eigenvalue weighted by Crippen LogP contribution is -2.58. The van der Waals surface area contributed by atoms with Crippen LogP contribution >= 0.6 is 0 Å². The predicted molar refractivity (Wildman–Crippen MR) is 66.4 cm³/mol. The molecule has 0 radical (unpaired) electrons. The van der Waals surface area contributed by atoms with Crippen LogP contribution in [0.25, 0.3) is 0 Å². The number of nitrogens with one attached hydrogen (secondary N) is 2. The normalized spacial score (nSPS) is 23.7. The quantitative estimate of drug-likeness (QED) is 0.685. The maximum atomic E-state index is 11.7. The molecule has 1 rings (SSSR count). The van der Waals surface area contributed by atoms with Crippen molar-refractivity contribution in [1.29, 1.82) is 0 Å². The average molecular weight is 258 g/mol. The maximum absolute atomic E-state index is 11.7. The molecule has 2 amide bonds. The SMILES string of the molecule is CCC(C)(C)CNC(=O)NC1(C(=O)O)CCOC1. The van der Waals surface area contributed by atoms with Gasteiger partial charge in [-0.15, -0.1) is 0 Å². The highest BCUT2D eigenvalue weighted by molar-refractivity contribution is 5.86. The lowest BCUT2D eigenvalue weighted by atomic mass is 9.90. The van der Waals surface area contributed by atoms with E-state index >= 15 is 0 Å². The van der Waals surface area contributed by atoms with E-state index < -0.39 is 17.5 Å². The zero-order valence-corrected chi connectivity index (χ0v) is 11.2. The Morgan fingerprint density at radius 1 is 1.44 bits per heavy atom. The molecule has 0 aromatic heterocycles. The summed E-state index contributed by atoms with van der Waals surface area (Å²) in [6, 6.07) is -0.454. The van der Waals surface area contributed by atoms with Gasteiger partial charge in [-0.3, -0.25) is 0 Å². The van der Waals surface area contributed by atoms with Crippen molar-refractivity contribution in [2.75, 3.05) is 19.8 Å². The van der Waals surface area contributed by atoms with E-state index in [1.54, 1.807) is 0 Å². The van der Waals surface area contributed by atoms with Crippen LogP contribution in [0.5, 0.6) is 0 Å². The predicted octanol–water partition coefficient (Wildman–Crippen LogP) is 0.965. The highest BCUT2D eigenvalue weighted by Crippen LogP contribution is 2.20. The number of urea groups is 1. The monoisotopic (exact) mass is 258 g/mol. The van der Waals surface area contributed by atoms with Crippen molar-refractivity contribution in [3.05, 3.63) is 0 Å². The van der Waals surface area contributed by atoms with Crippen LogP contribution in [0.1, 0.15) is 33.6 Å². The third-order valence-electron chi connectivity index (χ3n) is 3.47. The molecular weight excluding hydrogens is 236 g/mol. The topological polar surface area (TPSA) is 87.7 Å². The molecule has 1 atom stereocenters. The van der Waals surface area contributed by atoms with E-state index in [1.807, 2.05) is 20.8 Å². The second-order valence-corrected chi connectivity index (χ2v) is 5.52. The fourth-order valence-corrected chi connectivity index (χ4v) is 1.59. The number of amides is 2. The molecule has 0 bridgehead atoms. The van der Waals surface area contributed by atoms with Gasteiger partial charge in [0.25, 0.3) is 0 Å². The van der Waals surface area contributed by atoms with Gasteiger partial charge >= 0.3 is 12.0 Å². The van der Waals surface area contributed by atoms with E-state index in [-0.39, 0.29) is 12.0 Å². The van der Waals surface area contributed by atoms with Gasteiger partial charge < -0.3 is 20.5 Å². The summed E-state index contributed by atoms with van der Waals surface area (Å²) in [4.78, 5) is 22.9. The minimum Gasteiger partial charge on any atom is -0.479 e. The summed E-state index contributed by atoms with van der Waals surface area (Å²) in [6.45, 7) is 7.01. The van der Waals surface area contributed by atoms with Crippen LogP contribution in [0.3, 0.4) is 0 Å². The van der Waals surface area contributed by atoms with Crippen molar-refractivity contribution in [2.45, 2.75) is 39.2 Å². The standard InChI is InChI=1S/C12H22N2O4/c1-4-11(2,3)7-13-10(17)14-12(9(15)16)5-6-18-8-12/h4-8H2,1-3H3,(H,15,16)(H2,13,14,17). The van der Waals surface area contributed by atoms with Crippen LogP contribution in [-0.4, -0.2) is 42.4 Å². The molecule has 1 heterocycles. The molecule has 1 aliphatic rings. The molecule has 6 heteroatoms. The molecule has 0 aromatic rings. The van der Waals surface area contributed by atoms with E-state index in [2.05, 4.69) is 10.6 Å². The van der Waals surface area contributed by atoms with Gasteiger partial charge in [0, 0.05) is 19.6 Å². The number of carbonyl (C=O) groups is 2. The molecule has 104 valence electrons. The minimum atomic E-state index is -1.28. The third kappa shape index (κ3) is 3.60. The van der Waals surface area contributed by atoms with Crippen LogP contribution < -0.4 is 10.6 Å². The summed E-state index contributed by atoms with van der Waals surface area (Å²) in [5.74, 6) is -1.05. The first-order valence-corrected chi connectivity index (χ1v) is 6.18. The van der Waals surface area contributed by atoms with Crippen LogP contribution in [0, 0.1) is 5.41 Å². The van der Waals surface area contributed by atoms with Gasteiger partial charge in [-0.2, -0.15) is 0 Å². The molecule has 1 saturated heterocycles. The Morgan fingerprint density at radius 3 is 2.56 bits per heavy atom. The van der Waals surface area contributed by atoms with Gasteiger partial charge in [0.05, 0.1) is 6.61 Å². The second kappa shape index (κ2) is 5.56. The van der Waals surface area contributed by atoms with E-state index in [0.29, 0.717) is 19.6 Å². The summed E-state index contributed by atoms with van der Waals surface area (Å²) in [5, 5.41) is 14.4. The smallest absolute Gasteiger partial charge is 0.332 e. The zero-order valence-electron chi connectivity index (χ0n) is 11.2. The number of aliphatic carboxylic acids is 1. The van der Waals surface area contributed by atoms with Crippen molar-refractivity contribution in [1.82, 2.24) is 10.6 Å². The van der Waals surface area contributed by atoms with Gasteiger partial charge in [0.1, 0.15) is 0 Å². The third-order valence-corrected chi connectivity index (χ3v) is 3.47. The summed E-state index contributed by atoms with van der Waals surface area (Å²) in [5.41, 5.74) is -1.28. The van der Waals surface area contributed by atoms with E-state index in [4.69, 9.17) is 9.84 Å². The Morgan fingerprint density at radius 2 is 2.11 bits per heavy atom. The maximum Gasteiger partial charge on any atom is 0.332 e. The highest BCUT2D eigenvalue weighted by atomic mass is 16.5. The number of hydrogen-bond donors (Lipinski definition) is 3. The first-order chi connectivity index (χ1) is 8.31. The molecule has 3 N–H and O–H groups in total. The summed E-state index contributed by atoms with van der Waals surface area (Å²) in [6.07, 6.45) is 1.23. The summed E-state index contributed by atoms with van der Waals surface area (Å²) in [7, 11) is 0. The Bertz CT molecular complexity index is 322. The molecule has 1 fully saturated rings. The lowest BCUT2D eigenvalue weighted by Gasteiger charge is -2.27. The van der Waals surface area contributed by atoms with Gasteiger partial charge in [-0.25, -0.2) is 9.59 Å². The van der Waals surface area contributed by atoms with Gasteiger partial charge in [0.2, 0.25) is 0 Å². The van der Waals surface area contributed by atoms with Crippen LogP contribution in [0.4, 0.5) is 4.79 Å². The Balaban J connectivity index is 2.51. The van der Waals surface area contributed by atoms with Crippen molar-refractivity contribution in [2.24, 2.45) is 5.41 Å². The highest BCUT2D eigenvalue weighted by Gasteiger charge is 2.44. The number of hydrogen-bond acceptors (Lipinski definition) is 3. The zero-order chi connectivity index (χ0) is 13.8. The molecule has 18 heavy (non-hydrogen) atoms. The molecule has 0 aromatic carbocycles. The Kier molecular flexibility index (Phi) is 4.56. The minimum absolute atomic E-state index is 0.0000964. The number of carbonyl (C=O) groups excluding carboxylic acids is 1. The molecule has 6 nitrogen and oxygen atoms in total. The number of carboxylic acid groups (broad SMARTS) is 1. The first-order valence-electron chi connectivity index (χ1n) is 6.18. The molecular formula is C12H22N2O4. The van der Waals surface area contributed by atoms with Crippen LogP contribution in [-0.2, 0) is 9.53 Å². The fourth-order valence-electron chi connectivity index (χ4n) is 1.59. The van der Waals surface area contributed by atoms with Crippen molar-refractivity contribution in [3.63, 3.8) is 0 Å². The first kappa shape index (κ1) is 14.8. The van der Waals surface area contributed by atoms with Crippen molar-refractivity contribution in [3.8, 4) is 0 Å². The molecule has 0 aliphatic carbocycles. The van der Waals surface area contributed by atoms with E-state index in [9.17, 15) is 9.59 Å². The van der Waals surface area contributed by atoms with Gasteiger partial charge in [-0.1, -0.05) is 20.8 Å².